The Kier molecular flexibility index (Phi) is 6.87. The molecule has 1 aliphatic heterocycles. The minimum Gasteiger partial charge on any atom is -0.445 e. The quantitative estimate of drug-likeness (QED) is 0.594. The Labute approximate surface area is 145 Å². The number of halogens is 3. The van der Waals surface area contributed by atoms with Crippen molar-refractivity contribution in [3.63, 3.8) is 0 Å². The maximum atomic E-state index is 12.4. The summed E-state index contributed by atoms with van der Waals surface area (Å²) in [5.41, 5.74) is -0.709. The van der Waals surface area contributed by atoms with E-state index in [1.807, 2.05) is 5.32 Å². The van der Waals surface area contributed by atoms with Crippen molar-refractivity contribution in [3.8, 4) is 12.3 Å². The minimum absolute atomic E-state index is 0.00405. The summed E-state index contributed by atoms with van der Waals surface area (Å²) in [4.78, 5) is 27.2. The van der Waals surface area contributed by atoms with Crippen LogP contribution in [-0.2, 0) is 9.53 Å². The normalized spacial score (nSPS) is 19.0. The molecular formula is C16H22F3N3O3. The van der Waals surface area contributed by atoms with Gasteiger partial charge >= 0.3 is 12.3 Å². The van der Waals surface area contributed by atoms with Crippen LogP contribution in [0.25, 0.3) is 0 Å². The van der Waals surface area contributed by atoms with E-state index in [0.29, 0.717) is 6.54 Å². The molecule has 0 unspecified atom stereocenters. The van der Waals surface area contributed by atoms with E-state index in [2.05, 4.69) is 12.5 Å². The monoisotopic (exact) mass is 361 g/mol. The number of ether oxygens (including phenoxy) is 1. The minimum atomic E-state index is -4.55. The van der Waals surface area contributed by atoms with Gasteiger partial charge in [0.15, 0.2) is 0 Å². The van der Waals surface area contributed by atoms with Gasteiger partial charge in [-0.1, -0.05) is 18.6 Å². The number of hydrogen-bond acceptors (Lipinski definition) is 4. The zero-order valence-corrected chi connectivity index (χ0v) is 14.2. The number of nitrogens with zero attached hydrogens (tertiary/aromatic N) is 2. The van der Waals surface area contributed by atoms with Crippen molar-refractivity contribution in [3.05, 3.63) is 12.7 Å². The Balaban J connectivity index is 2.93. The van der Waals surface area contributed by atoms with Gasteiger partial charge in [0.25, 0.3) is 0 Å². The highest BCUT2D eigenvalue weighted by atomic mass is 19.4. The van der Waals surface area contributed by atoms with E-state index in [1.165, 1.54) is 6.08 Å². The molecule has 0 aromatic heterocycles. The van der Waals surface area contributed by atoms with Crippen LogP contribution in [0.5, 0.6) is 0 Å². The Morgan fingerprint density at radius 1 is 1.40 bits per heavy atom. The number of nitrogens with one attached hydrogen (secondary N) is 1. The SMILES string of the molecule is C#CC(C)(C)N1CCN(C(=O)OCC=C)[C@H](C(=O)NCC(F)(F)F)C1. The third kappa shape index (κ3) is 5.98. The highest BCUT2D eigenvalue weighted by Gasteiger charge is 2.41. The van der Waals surface area contributed by atoms with Crippen LogP contribution in [0.2, 0.25) is 0 Å². The van der Waals surface area contributed by atoms with Crippen LogP contribution in [0.15, 0.2) is 12.7 Å². The topological polar surface area (TPSA) is 61.9 Å². The van der Waals surface area contributed by atoms with Gasteiger partial charge < -0.3 is 10.1 Å². The van der Waals surface area contributed by atoms with Crippen LogP contribution in [0.3, 0.4) is 0 Å². The Morgan fingerprint density at radius 2 is 2.04 bits per heavy atom. The summed E-state index contributed by atoms with van der Waals surface area (Å²) in [5, 5.41) is 1.81. The lowest BCUT2D eigenvalue weighted by molar-refractivity contribution is -0.143. The van der Waals surface area contributed by atoms with Gasteiger partial charge in [-0.3, -0.25) is 14.6 Å². The van der Waals surface area contributed by atoms with Gasteiger partial charge in [0.2, 0.25) is 5.91 Å². The third-order valence-electron chi connectivity index (χ3n) is 3.85. The molecule has 0 aliphatic carbocycles. The fourth-order valence-corrected chi connectivity index (χ4v) is 2.34. The highest BCUT2D eigenvalue weighted by molar-refractivity contribution is 5.86. The molecule has 1 N–H and O–H groups in total. The summed E-state index contributed by atoms with van der Waals surface area (Å²) < 4.78 is 42.0. The van der Waals surface area contributed by atoms with Crippen molar-refractivity contribution < 1.29 is 27.5 Å². The molecule has 140 valence electrons. The van der Waals surface area contributed by atoms with E-state index in [-0.39, 0.29) is 19.7 Å². The van der Waals surface area contributed by atoms with Gasteiger partial charge in [-0.2, -0.15) is 13.2 Å². The van der Waals surface area contributed by atoms with Crippen molar-refractivity contribution in [2.75, 3.05) is 32.8 Å². The average Bonchev–Trinajstić information content (AvgIpc) is 2.56. The summed E-state index contributed by atoms with van der Waals surface area (Å²) in [7, 11) is 0. The second-order valence-corrected chi connectivity index (χ2v) is 6.06. The highest BCUT2D eigenvalue weighted by Crippen LogP contribution is 2.21. The number of piperazine rings is 1. The molecule has 0 spiro atoms. The average molecular weight is 361 g/mol. The van der Waals surface area contributed by atoms with Gasteiger partial charge in [0.05, 0.1) is 5.54 Å². The summed E-state index contributed by atoms with van der Waals surface area (Å²) in [6.07, 6.45) is 1.50. The predicted octanol–water partition coefficient (Wildman–Crippen LogP) is 1.39. The summed E-state index contributed by atoms with van der Waals surface area (Å²) in [6.45, 7) is 5.85. The smallest absolute Gasteiger partial charge is 0.410 e. The number of carbonyl (C=O) groups excluding carboxylic acids is 2. The van der Waals surface area contributed by atoms with Crippen molar-refractivity contribution in [2.24, 2.45) is 0 Å². The zero-order valence-electron chi connectivity index (χ0n) is 14.2. The molecule has 1 heterocycles. The number of hydrogen-bond donors (Lipinski definition) is 1. The van der Waals surface area contributed by atoms with Crippen molar-refractivity contribution >= 4 is 12.0 Å². The molecule has 1 atom stereocenters. The molecule has 9 heteroatoms. The summed E-state index contributed by atoms with van der Waals surface area (Å²) in [5.74, 6) is 1.66. The Hall–Kier alpha value is -2.21. The van der Waals surface area contributed by atoms with Gasteiger partial charge in [0, 0.05) is 19.6 Å². The largest absolute Gasteiger partial charge is 0.445 e. The van der Waals surface area contributed by atoms with Crippen LogP contribution in [-0.4, -0.2) is 72.3 Å². The molecule has 0 saturated carbocycles. The molecule has 0 aromatic carbocycles. The maximum absolute atomic E-state index is 12.4. The molecule has 25 heavy (non-hydrogen) atoms. The maximum Gasteiger partial charge on any atom is 0.410 e. The molecule has 2 amide bonds. The third-order valence-corrected chi connectivity index (χ3v) is 3.85. The lowest BCUT2D eigenvalue weighted by Crippen LogP contribution is -2.64. The fraction of sp³-hybridized carbons (Fsp3) is 0.625. The van der Waals surface area contributed by atoms with E-state index in [4.69, 9.17) is 11.2 Å². The summed E-state index contributed by atoms with van der Waals surface area (Å²) >= 11 is 0. The Morgan fingerprint density at radius 3 is 2.56 bits per heavy atom. The number of amides is 2. The molecule has 1 rings (SSSR count). The van der Waals surface area contributed by atoms with Crippen LogP contribution in [0.4, 0.5) is 18.0 Å². The standard InChI is InChI=1S/C16H22F3N3O3/c1-5-9-25-14(24)22-8-7-21(15(3,4)6-2)10-12(22)13(23)20-11-16(17,18)19/h2,5,12H,1,7-11H2,3-4H3,(H,20,23)/t12-/m0/s1. The lowest BCUT2D eigenvalue weighted by atomic mass is 10.0. The number of alkyl halides is 3. The number of terminal acetylenes is 1. The molecule has 0 radical (unpaired) electrons. The summed E-state index contributed by atoms with van der Waals surface area (Å²) in [6, 6.07) is -1.14. The van der Waals surface area contributed by atoms with Crippen molar-refractivity contribution in [1.29, 1.82) is 0 Å². The second-order valence-electron chi connectivity index (χ2n) is 6.06. The first-order chi connectivity index (χ1) is 11.5. The first-order valence-corrected chi connectivity index (χ1v) is 7.63. The zero-order chi connectivity index (χ0) is 19.3. The molecule has 1 fully saturated rings. The van der Waals surface area contributed by atoms with Crippen LogP contribution in [0, 0.1) is 12.3 Å². The van der Waals surface area contributed by atoms with E-state index < -0.39 is 36.3 Å². The number of rotatable bonds is 5. The molecule has 1 saturated heterocycles. The van der Waals surface area contributed by atoms with Gasteiger partial charge in [-0.25, -0.2) is 4.79 Å². The van der Waals surface area contributed by atoms with Crippen LogP contribution in [0.1, 0.15) is 13.8 Å². The van der Waals surface area contributed by atoms with Gasteiger partial charge in [-0.05, 0) is 13.8 Å². The first-order valence-electron chi connectivity index (χ1n) is 7.63. The van der Waals surface area contributed by atoms with E-state index in [0.717, 1.165) is 4.90 Å². The van der Waals surface area contributed by atoms with Gasteiger partial charge in [0.1, 0.15) is 19.2 Å². The van der Waals surface area contributed by atoms with Gasteiger partial charge in [-0.15, -0.1) is 6.42 Å². The second kappa shape index (κ2) is 8.25. The first kappa shape index (κ1) is 20.8. The number of carbonyl (C=O) groups is 2. The van der Waals surface area contributed by atoms with E-state index in [1.54, 1.807) is 18.7 Å². The molecule has 0 aromatic rings. The predicted molar refractivity (Wildman–Crippen MR) is 85.6 cm³/mol. The van der Waals surface area contributed by atoms with Crippen LogP contribution < -0.4 is 5.32 Å². The molecule has 0 bridgehead atoms. The van der Waals surface area contributed by atoms with Crippen molar-refractivity contribution in [1.82, 2.24) is 15.1 Å². The van der Waals surface area contributed by atoms with E-state index >= 15 is 0 Å². The van der Waals surface area contributed by atoms with Crippen molar-refractivity contribution in [2.45, 2.75) is 31.6 Å². The molecule has 6 nitrogen and oxygen atoms in total. The van der Waals surface area contributed by atoms with E-state index in [9.17, 15) is 22.8 Å². The molecular weight excluding hydrogens is 339 g/mol. The van der Waals surface area contributed by atoms with Crippen LogP contribution >= 0.6 is 0 Å². The molecule has 1 aliphatic rings. The lowest BCUT2D eigenvalue weighted by Gasteiger charge is -2.44. The fourth-order valence-electron chi connectivity index (χ4n) is 2.34. The Bertz CT molecular complexity index is 555.